The molecule has 24 heavy (non-hydrogen) atoms. The summed E-state index contributed by atoms with van der Waals surface area (Å²) >= 11 is 5.81. The predicted molar refractivity (Wildman–Crippen MR) is 95.5 cm³/mol. The average Bonchev–Trinajstić information content (AvgIpc) is 2.55. The molecule has 0 aromatic heterocycles. The third-order valence-electron chi connectivity index (χ3n) is 4.39. The molecule has 2 N–H and O–H groups in total. The van der Waals surface area contributed by atoms with Crippen LogP contribution >= 0.6 is 11.6 Å². The molecule has 0 aliphatic heterocycles. The molecule has 1 aliphatic rings. The van der Waals surface area contributed by atoms with Crippen molar-refractivity contribution in [2.75, 3.05) is 6.54 Å². The Morgan fingerprint density at radius 2 is 1.75 bits per heavy atom. The number of aryl methyl sites for hydroxylation is 1. The quantitative estimate of drug-likeness (QED) is 0.856. The second-order valence-electron chi connectivity index (χ2n) is 6.38. The summed E-state index contributed by atoms with van der Waals surface area (Å²) in [4.78, 5) is 0. The van der Waals surface area contributed by atoms with E-state index in [0.29, 0.717) is 23.4 Å². The van der Waals surface area contributed by atoms with Crippen LogP contribution in [0, 0.1) is 0 Å². The van der Waals surface area contributed by atoms with Crippen LogP contribution in [0.25, 0.3) is 0 Å². The Balaban J connectivity index is 1.63. The first-order valence-corrected chi connectivity index (χ1v) is 9.89. The first kappa shape index (κ1) is 17.4. The molecule has 1 unspecified atom stereocenters. The molecule has 6 heteroatoms. The van der Waals surface area contributed by atoms with E-state index in [1.54, 1.807) is 24.3 Å². The fourth-order valence-corrected chi connectivity index (χ4v) is 4.38. The number of benzene rings is 2. The average molecular weight is 366 g/mol. The first-order chi connectivity index (χ1) is 11.4. The van der Waals surface area contributed by atoms with Crippen LogP contribution in [0.1, 0.15) is 23.1 Å². The normalized spacial score (nSPS) is 20.6. The second-order valence-corrected chi connectivity index (χ2v) is 8.62. The second kappa shape index (κ2) is 6.84. The van der Waals surface area contributed by atoms with Crippen molar-refractivity contribution >= 4 is 21.6 Å². The number of halogens is 1. The molecule has 2 aromatic carbocycles. The summed E-state index contributed by atoms with van der Waals surface area (Å²) in [5.74, 6) is -0.128. The fourth-order valence-electron chi connectivity index (χ4n) is 3.03. The van der Waals surface area contributed by atoms with Crippen molar-refractivity contribution in [2.24, 2.45) is 0 Å². The van der Waals surface area contributed by atoms with Gasteiger partial charge in [0.1, 0.15) is 0 Å². The first-order valence-electron chi connectivity index (χ1n) is 7.86. The minimum Gasteiger partial charge on any atom is -0.388 e. The summed E-state index contributed by atoms with van der Waals surface area (Å²) in [7, 11) is -3.52. The molecule has 0 saturated carbocycles. The van der Waals surface area contributed by atoms with E-state index < -0.39 is 15.6 Å². The van der Waals surface area contributed by atoms with Gasteiger partial charge in [0, 0.05) is 18.0 Å². The van der Waals surface area contributed by atoms with Gasteiger partial charge in [0.25, 0.3) is 0 Å². The third-order valence-corrected chi connectivity index (χ3v) is 5.94. The molecule has 1 atom stereocenters. The monoisotopic (exact) mass is 365 g/mol. The van der Waals surface area contributed by atoms with Crippen molar-refractivity contribution in [2.45, 2.75) is 30.6 Å². The molecule has 0 saturated heterocycles. The van der Waals surface area contributed by atoms with Crippen LogP contribution in [-0.4, -0.2) is 25.7 Å². The van der Waals surface area contributed by atoms with Gasteiger partial charge < -0.3 is 5.11 Å². The topological polar surface area (TPSA) is 66.4 Å². The highest BCUT2D eigenvalue weighted by molar-refractivity contribution is 7.88. The van der Waals surface area contributed by atoms with Gasteiger partial charge in [0.15, 0.2) is 0 Å². The van der Waals surface area contributed by atoms with Crippen molar-refractivity contribution in [1.29, 1.82) is 0 Å². The van der Waals surface area contributed by atoms with Crippen LogP contribution in [0.15, 0.2) is 48.5 Å². The molecule has 0 bridgehead atoms. The molecule has 128 valence electrons. The Kier molecular flexibility index (Phi) is 4.97. The Morgan fingerprint density at radius 3 is 2.46 bits per heavy atom. The van der Waals surface area contributed by atoms with Crippen molar-refractivity contribution < 1.29 is 13.5 Å². The van der Waals surface area contributed by atoms with Crippen molar-refractivity contribution in [3.05, 3.63) is 70.2 Å². The minimum atomic E-state index is -3.52. The zero-order valence-electron chi connectivity index (χ0n) is 13.2. The van der Waals surface area contributed by atoms with Gasteiger partial charge in [-0.1, -0.05) is 48.0 Å². The van der Waals surface area contributed by atoms with Crippen LogP contribution in [0.4, 0.5) is 0 Å². The van der Waals surface area contributed by atoms with Crippen molar-refractivity contribution in [1.82, 2.24) is 4.72 Å². The van der Waals surface area contributed by atoms with Crippen molar-refractivity contribution in [3.8, 4) is 0 Å². The Labute approximate surface area is 147 Å². The molecular weight excluding hydrogens is 346 g/mol. The lowest BCUT2D eigenvalue weighted by molar-refractivity contribution is 0.0317. The third kappa shape index (κ3) is 4.36. The molecule has 0 fully saturated rings. The maximum absolute atomic E-state index is 12.3. The van der Waals surface area contributed by atoms with Gasteiger partial charge in [-0.05, 0) is 41.7 Å². The summed E-state index contributed by atoms with van der Waals surface area (Å²) in [6.07, 6.45) is 1.77. The number of hydrogen-bond donors (Lipinski definition) is 2. The molecule has 4 nitrogen and oxygen atoms in total. The van der Waals surface area contributed by atoms with Crippen LogP contribution in [-0.2, 0) is 28.6 Å². The van der Waals surface area contributed by atoms with Gasteiger partial charge in [-0.3, -0.25) is 0 Å². The number of rotatable bonds is 5. The summed E-state index contributed by atoms with van der Waals surface area (Å²) in [5.41, 5.74) is 1.93. The highest BCUT2D eigenvalue weighted by Gasteiger charge is 2.33. The number of aliphatic hydroxyl groups is 1. The summed E-state index contributed by atoms with van der Waals surface area (Å²) in [6.45, 7) is 0.0251. The van der Waals surface area contributed by atoms with Gasteiger partial charge in [0.05, 0.1) is 11.4 Å². The zero-order valence-corrected chi connectivity index (χ0v) is 14.8. The van der Waals surface area contributed by atoms with Crippen LogP contribution < -0.4 is 4.72 Å². The van der Waals surface area contributed by atoms with Crippen LogP contribution in [0.5, 0.6) is 0 Å². The van der Waals surface area contributed by atoms with E-state index in [1.807, 2.05) is 18.2 Å². The van der Waals surface area contributed by atoms with E-state index in [9.17, 15) is 13.5 Å². The maximum atomic E-state index is 12.3. The van der Waals surface area contributed by atoms with Gasteiger partial charge in [-0.15, -0.1) is 0 Å². The standard InChI is InChI=1S/C18H20ClNO3S/c19-17-7-5-14(6-8-17)12-24(22,23)20-13-18(21)10-9-15-3-1-2-4-16(15)11-18/h1-8,20-21H,9-13H2. The Bertz CT molecular complexity index is 820. The lowest BCUT2D eigenvalue weighted by Gasteiger charge is -2.33. The lowest BCUT2D eigenvalue weighted by atomic mass is 9.80. The molecule has 0 spiro atoms. The number of hydrogen-bond acceptors (Lipinski definition) is 3. The van der Waals surface area contributed by atoms with E-state index in [2.05, 4.69) is 10.8 Å². The highest BCUT2D eigenvalue weighted by Crippen LogP contribution is 2.28. The van der Waals surface area contributed by atoms with E-state index in [-0.39, 0.29) is 12.3 Å². The lowest BCUT2D eigenvalue weighted by Crippen LogP contribution is -2.46. The number of sulfonamides is 1. The summed E-state index contributed by atoms with van der Waals surface area (Å²) < 4.78 is 27.1. The minimum absolute atomic E-state index is 0.0251. The smallest absolute Gasteiger partial charge is 0.215 e. The number of fused-ring (bicyclic) bond motifs is 1. The van der Waals surface area contributed by atoms with E-state index in [1.165, 1.54) is 5.56 Å². The van der Waals surface area contributed by atoms with Crippen LogP contribution in [0.2, 0.25) is 5.02 Å². The molecule has 2 aromatic rings. The SMILES string of the molecule is O=S(=O)(Cc1ccc(Cl)cc1)NCC1(O)CCc2ccccc2C1. The predicted octanol–water partition coefficient (Wildman–Crippen LogP) is 2.68. The largest absolute Gasteiger partial charge is 0.388 e. The molecular formula is C18H20ClNO3S. The zero-order chi connectivity index (χ0) is 17.2. The molecule has 0 amide bonds. The van der Waals surface area contributed by atoms with E-state index in [0.717, 1.165) is 12.0 Å². The molecule has 0 heterocycles. The highest BCUT2D eigenvalue weighted by atomic mass is 35.5. The summed E-state index contributed by atoms with van der Waals surface area (Å²) in [5, 5.41) is 11.3. The van der Waals surface area contributed by atoms with Gasteiger partial charge in [0.2, 0.25) is 10.0 Å². The van der Waals surface area contributed by atoms with Gasteiger partial charge >= 0.3 is 0 Å². The van der Waals surface area contributed by atoms with Gasteiger partial charge in [-0.2, -0.15) is 0 Å². The number of nitrogens with one attached hydrogen (secondary N) is 1. The Hall–Kier alpha value is -1.40. The molecule has 3 rings (SSSR count). The molecule has 0 radical (unpaired) electrons. The van der Waals surface area contributed by atoms with Crippen LogP contribution in [0.3, 0.4) is 0 Å². The molecule has 1 aliphatic carbocycles. The van der Waals surface area contributed by atoms with E-state index in [4.69, 9.17) is 11.6 Å². The summed E-state index contributed by atoms with van der Waals surface area (Å²) in [6, 6.07) is 14.7. The van der Waals surface area contributed by atoms with E-state index >= 15 is 0 Å². The van der Waals surface area contributed by atoms with Gasteiger partial charge in [-0.25, -0.2) is 13.1 Å². The fraction of sp³-hybridized carbons (Fsp3) is 0.333. The Morgan fingerprint density at radius 1 is 1.08 bits per heavy atom. The van der Waals surface area contributed by atoms with Crippen molar-refractivity contribution in [3.63, 3.8) is 0 Å². The maximum Gasteiger partial charge on any atom is 0.215 e.